The molecule has 0 unspecified atom stereocenters. The maximum atomic E-state index is 11.6. The Morgan fingerprint density at radius 1 is 1.30 bits per heavy atom. The molecule has 20 heavy (non-hydrogen) atoms. The topological polar surface area (TPSA) is 67.4 Å². The third-order valence-electron chi connectivity index (χ3n) is 2.57. The van der Waals surface area contributed by atoms with Gasteiger partial charge in [-0.1, -0.05) is 19.9 Å². The molecule has 0 saturated carbocycles. The van der Waals surface area contributed by atoms with E-state index in [1.165, 1.54) is 6.92 Å². The minimum absolute atomic E-state index is 0.0262. The summed E-state index contributed by atoms with van der Waals surface area (Å²) in [6, 6.07) is 6.95. The van der Waals surface area contributed by atoms with Gasteiger partial charge in [0.25, 0.3) is 5.91 Å². The fourth-order valence-electron chi connectivity index (χ4n) is 1.57. The number of hydrogen-bond donors (Lipinski definition) is 2. The Bertz CT molecular complexity index is 458. The van der Waals surface area contributed by atoms with E-state index in [1.807, 2.05) is 0 Å². The van der Waals surface area contributed by atoms with Crippen LogP contribution in [0, 0.1) is 5.92 Å². The zero-order valence-corrected chi connectivity index (χ0v) is 12.2. The quantitative estimate of drug-likeness (QED) is 0.803. The van der Waals surface area contributed by atoms with E-state index >= 15 is 0 Å². The van der Waals surface area contributed by atoms with E-state index in [-0.39, 0.29) is 18.4 Å². The van der Waals surface area contributed by atoms with Gasteiger partial charge >= 0.3 is 0 Å². The Hall–Kier alpha value is -2.04. The number of rotatable bonds is 7. The van der Waals surface area contributed by atoms with Crippen molar-refractivity contribution in [2.75, 3.05) is 18.5 Å². The standard InChI is InChI=1S/C15H22N2O3/c1-11(2)7-8-16-15(19)10-20-14-6-4-5-13(9-14)17-12(3)18/h4-6,9,11H,7-8,10H2,1-3H3,(H,16,19)(H,17,18). The molecule has 0 aliphatic heterocycles. The molecule has 1 aromatic carbocycles. The van der Waals surface area contributed by atoms with Crippen molar-refractivity contribution in [2.24, 2.45) is 5.92 Å². The maximum Gasteiger partial charge on any atom is 0.257 e. The van der Waals surface area contributed by atoms with Crippen LogP contribution in [-0.2, 0) is 9.59 Å². The highest BCUT2D eigenvalue weighted by Gasteiger charge is 2.04. The Labute approximate surface area is 119 Å². The minimum Gasteiger partial charge on any atom is -0.484 e. The number of anilines is 1. The molecule has 0 atom stereocenters. The van der Waals surface area contributed by atoms with Gasteiger partial charge in [-0.25, -0.2) is 0 Å². The molecule has 2 amide bonds. The average Bonchev–Trinajstić information content (AvgIpc) is 2.35. The van der Waals surface area contributed by atoms with Crippen molar-refractivity contribution in [3.05, 3.63) is 24.3 Å². The molecule has 2 N–H and O–H groups in total. The molecular weight excluding hydrogens is 256 g/mol. The van der Waals surface area contributed by atoms with Gasteiger partial charge in [0, 0.05) is 25.2 Å². The van der Waals surface area contributed by atoms with Crippen molar-refractivity contribution in [2.45, 2.75) is 27.2 Å². The van der Waals surface area contributed by atoms with E-state index in [1.54, 1.807) is 24.3 Å². The summed E-state index contributed by atoms with van der Waals surface area (Å²) in [4.78, 5) is 22.5. The molecule has 0 spiro atoms. The van der Waals surface area contributed by atoms with Gasteiger partial charge in [0.1, 0.15) is 5.75 Å². The largest absolute Gasteiger partial charge is 0.484 e. The number of amides is 2. The normalized spacial score (nSPS) is 10.2. The zero-order valence-electron chi connectivity index (χ0n) is 12.2. The highest BCUT2D eigenvalue weighted by atomic mass is 16.5. The lowest BCUT2D eigenvalue weighted by Gasteiger charge is -2.09. The van der Waals surface area contributed by atoms with E-state index in [0.29, 0.717) is 23.9 Å². The Kier molecular flexibility index (Phi) is 6.56. The predicted molar refractivity (Wildman–Crippen MR) is 78.7 cm³/mol. The Balaban J connectivity index is 2.37. The van der Waals surface area contributed by atoms with E-state index in [4.69, 9.17) is 4.74 Å². The molecule has 110 valence electrons. The third-order valence-corrected chi connectivity index (χ3v) is 2.57. The number of benzene rings is 1. The first-order chi connectivity index (χ1) is 9.47. The smallest absolute Gasteiger partial charge is 0.257 e. The fourth-order valence-corrected chi connectivity index (χ4v) is 1.57. The lowest BCUT2D eigenvalue weighted by Crippen LogP contribution is -2.30. The maximum absolute atomic E-state index is 11.6. The Morgan fingerprint density at radius 3 is 2.70 bits per heavy atom. The van der Waals surface area contributed by atoms with Crippen molar-refractivity contribution in [3.63, 3.8) is 0 Å². The molecule has 1 aromatic rings. The van der Waals surface area contributed by atoms with Crippen LogP contribution >= 0.6 is 0 Å². The fraction of sp³-hybridized carbons (Fsp3) is 0.467. The summed E-state index contributed by atoms with van der Waals surface area (Å²) in [5.74, 6) is 0.824. The molecule has 0 heterocycles. The summed E-state index contributed by atoms with van der Waals surface area (Å²) in [6.45, 7) is 6.29. The van der Waals surface area contributed by atoms with Crippen LogP contribution in [0.2, 0.25) is 0 Å². The van der Waals surface area contributed by atoms with Gasteiger partial charge in [0.2, 0.25) is 5.91 Å². The predicted octanol–water partition coefficient (Wildman–Crippen LogP) is 2.19. The monoisotopic (exact) mass is 278 g/mol. The number of ether oxygens (including phenoxy) is 1. The second kappa shape index (κ2) is 8.19. The molecule has 0 aliphatic carbocycles. The summed E-state index contributed by atoms with van der Waals surface area (Å²) in [6.07, 6.45) is 0.948. The highest BCUT2D eigenvalue weighted by molar-refractivity contribution is 5.88. The zero-order chi connectivity index (χ0) is 15.0. The number of carbonyl (C=O) groups excluding carboxylic acids is 2. The molecule has 0 aromatic heterocycles. The van der Waals surface area contributed by atoms with Crippen molar-refractivity contribution in [1.29, 1.82) is 0 Å². The van der Waals surface area contributed by atoms with Crippen LogP contribution < -0.4 is 15.4 Å². The third kappa shape index (κ3) is 6.78. The van der Waals surface area contributed by atoms with Crippen molar-refractivity contribution in [3.8, 4) is 5.75 Å². The van der Waals surface area contributed by atoms with Crippen LogP contribution in [0.25, 0.3) is 0 Å². The van der Waals surface area contributed by atoms with Crippen LogP contribution in [-0.4, -0.2) is 25.0 Å². The van der Waals surface area contributed by atoms with Gasteiger partial charge in [-0.3, -0.25) is 9.59 Å². The first-order valence-corrected chi connectivity index (χ1v) is 6.74. The van der Waals surface area contributed by atoms with E-state index < -0.39 is 0 Å². The number of carbonyl (C=O) groups is 2. The molecule has 0 bridgehead atoms. The molecule has 5 nitrogen and oxygen atoms in total. The molecule has 5 heteroatoms. The summed E-state index contributed by atoms with van der Waals surface area (Å²) in [5, 5.41) is 5.46. The van der Waals surface area contributed by atoms with E-state index in [9.17, 15) is 9.59 Å². The summed E-state index contributed by atoms with van der Waals surface area (Å²) in [5.41, 5.74) is 0.648. The first kappa shape index (κ1) is 16.0. The lowest BCUT2D eigenvalue weighted by atomic mass is 10.1. The van der Waals surface area contributed by atoms with Gasteiger partial charge in [0.05, 0.1) is 0 Å². The van der Waals surface area contributed by atoms with Gasteiger partial charge in [-0.2, -0.15) is 0 Å². The molecule has 1 rings (SSSR count). The van der Waals surface area contributed by atoms with Gasteiger partial charge in [-0.15, -0.1) is 0 Å². The average molecular weight is 278 g/mol. The second-order valence-corrected chi connectivity index (χ2v) is 5.03. The first-order valence-electron chi connectivity index (χ1n) is 6.74. The van der Waals surface area contributed by atoms with E-state index in [0.717, 1.165) is 6.42 Å². The molecule has 0 fully saturated rings. The van der Waals surface area contributed by atoms with Crippen molar-refractivity contribution >= 4 is 17.5 Å². The van der Waals surface area contributed by atoms with Crippen LogP contribution in [0.4, 0.5) is 5.69 Å². The Morgan fingerprint density at radius 2 is 2.05 bits per heavy atom. The number of hydrogen-bond acceptors (Lipinski definition) is 3. The second-order valence-electron chi connectivity index (χ2n) is 5.03. The van der Waals surface area contributed by atoms with Gasteiger partial charge in [-0.05, 0) is 24.5 Å². The van der Waals surface area contributed by atoms with E-state index in [2.05, 4.69) is 24.5 Å². The highest BCUT2D eigenvalue weighted by Crippen LogP contribution is 2.17. The molecule has 0 radical (unpaired) electrons. The molecule has 0 saturated heterocycles. The minimum atomic E-state index is -0.145. The lowest BCUT2D eigenvalue weighted by molar-refractivity contribution is -0.123. The molecular formula is C15H22N2O3. The van der Waals surface area contributed by atoms with Gasteiger partial charge < -0.3 is 15.4 Å². The van der Waals surface area contributed by atoms with Crippen LogP contribution in [0.5, 0.6) is 5.75 Å². The van der Waals surface area contributed by atoms with Crippen LogP contribution in [0.1, 0.15) is 27.2 Å². The van der Waals surface area contributed by atoms with Crippen molar-refractivity contribution in [1.82, 2.24) is 5.32 Å². The summed E-state index contributed by atoms with van der Waals surface area (Å²) >= 11 is 0. The summed E-state index contributed by atoms with van der Waals surface area (Å²) in [7, 11) is 0. The summed E-state index contributed by atoms with van der Waals surface area (Å²) < 4.78 is 5.38. The van der Waals surface area contributed by atoms with Crippen LogP contribution in [0.3, 0.4) is 0 Å². The number of nitrogens with one attached hydrogen (secondary N) is 2. The van der Waals surface area contributed by atoms with Gasteiger partial charge in [0.15, 0.2) is 6.61 Å². The molecule has 0 aliphatic rings. The van der Waals surface area contributed by atoms with Crippen LogP contribution in [0.15, 0.2) is 24.3 Å². The van der Waals surface area contributed by atoms with Crippen molar-refractivity contribution < 1.29 is 14.3 Å². The SMILES string of the molecule is CC(=O)Nc1cccc(OCC(=O)NCCC(C)C)c1.